The molecule has 2 aromatic carbocycles. The average Bonchev–Trinajstić information content (AvgIpc) is 3.41. The molecule has 1 aliphatic carbocycles. The van der Waals surface area contributed by atoms with Gasteiger partial charge in [-0.05, 0) is 37.0 Å². The number of hydrogen-bond acceptors (Lipinski definition) is 5. The molecule has 2 amide bonds. The van der Waals surface area contributed by atoms with Crippen molar-refractivity contribution in [3.8, 4) is 11.3 Å². The SMILES string of the molecule is O=C(NC1CCCC[C@@H]1n1cnc(C(=O)N2CCNCC2Cc2cc(F)cc(F)c2)c1-c1ccccc1)OCC(F)F. The third-order valence-electron chi connectivity index (χ3n) is 7.78. The summed E-state index contributed by atoms with van der Waals surface area (Å²) in [5, 5.41) is 6.00. The van der Waals surface area contributed by atoms with E-state index in [4.69, 9.17) is 0 Å². The Balaban J connectivity index is 1.46. The summed E-state index contributed by atoms with van der Waals surface area (Å²) < 4.78 is 59.5. The molecule has 1 saturated carbocycles. The van der Waals surface area contributed by atoms with Crippen LogP contribution in [-0.2, 0) is 11.2 Å². The lowest BCUT2D eigenvalue weighted by Gasteiger charge is -2.36. The third kappa shape index (κ3) is 6.92. The molecule has 2 aliphatic rings. The van der Waals surface area contributed by atoms with Crippen molar-refractivity contribution in [1.29, 1.82) is 0 Å². The molecule has 0 radical (unpaired) electrons. The van der Waals surface area contributed by atoms with Crippen LogP contribution in [0, 0.1) is 11.6 Å². The van der Waals surface area contributed by atoms with E-state index in [1.54, 1.807) is 11.2 Å². The summed E-state index contributed by atoms with van der Waals surface area (Å²) >= 11 is 0. The summed E-state index contributed by atoms with van der Waals surface area (Å²) in [6, 6.07) is 11.6. The summed E-state index contributed by atoms with van der Waals surface area (Å²) in [6.07, 6.45) is 1.14. The second-order valence-corrected chi connectivity index (χ2v) is 10.6. The van der Waals surface area contributed by atoms with E-state index in [0.717, 1.165) is 24.5 Å². The fourth-order valence-electron chi connectivity index (χ4n) is 5.94. The van der Waals surface area contributed by atoms with Crippen molar-refractivity contribution in [2.45, 2.75) is 56.7 Å². The number of carbonyl (C=O) groups excluding carboxylic acids is 2. The zero-order valence-corrected chi connectivity index (χ0v) is 22.9. The molecule has 2 unspecified atom stereocenters. The fraction of sp³-hybridized carbons (Fsp3) is 0.433. The van der Waals surface area contributed by atoms with Gasteiger partial charge in [-0.1, -0.05) is 43.2 Å². The van der Waals surface area contributed by atoms with Crippen LogP contribution in [0.5, 0.6) is 0 Å². The average molecular weight is 588 g/mol. The third-order valence-corrected chi connectivity index (χ3v) is 7.78. The standard InChI is InChI=1S/C30H33F4N5O3/c31-21-12-19(13-22(32)15-21)14-23-16-35-10-11-38(23)29(40)27-28(20-6-2-1-3-7-20)39(18-36-27)25-9-5-4-8-24(25)37-30(41)42-17-26(33)34/h1-3,6-7,12-13,15,18,23-26,35H,4-5,8-11,14,16-17H2,(H,37,41)/t23?,24?,25-/m0/s1. The van der Waals surface area contributed by atoms with Gasteiger partial charge in [-0.25, -0.2) is 27.3 Å². The van der Waals surface area contributed by atoms with Gasteiger partial charge in [0.1, 0.15) is 11.6 Å². The topological polar surface area (TPSA) is 88.5 Å². The molecule has 12 heteroatoms. The zero-order chi connectivity index (χ0) is 29.6. The smallest absolute Gasteiger partial charge is 0.407 e. The fourth-order valence-corrected chi connectivity index (χ4v) is 5.94. The molecule has 3 atom stereocenters. The molecular weight excluding hydrogens is 554 g/mol. The number of imidazole rings is 1. The highest BCUT2D eigenvalue weighted by Crippen LogP contribution is 2.35. The number of piperazine rings is 1. The van der Waals surface area contributed by atoms with E-state index in [1.165, 1.54) is 12.1 Å². The van der Waals surface area contributed by atoms with Crippen LogP contribution in [0.4, 0.5) is 22.4 Å². The van der Waals surface area contributed by atoms with Crippen molar-refractivity contribution in [1.82, 2.24) is 25.1 Å². The molecule has 2 heterocycles. The Hall–Kier alpha value is -3.93. The number of benzene rings is 2. The van der Waals surface area contributed by atoms with E-state index in [-0.39, 0.29) is 30.1 Å². The van der Waals surface area contributed by atoms with Gasteiger partial charge in [0.15, 0.2) is 12.3 Å². The Labute approximate surface area is 241 Å². The molecule has 42 heavy (non-hydrogen) atoms. The van der Waals surface area contributed by atoms with Gasteiger partial charge in [0.05, 0.1) is 24.1 Å². The normalized spacial score (nSPS) is 20.9. The number of alkyl halides is 2. The summed E-state index contributed by atoms with van der Waals surface area (Å²) in [5.74, 6) is -1.66. The van der Waals surface area contributed by atoms with E-state index < -0.39 is 36.8 Å². The summed E-state index contributed by atoms with van der Waals surface area (Å²) in [6.45, 7) is 0.388. The summed E-state index contributed by atoms with van der Waals surface area (Å²) in [5.41, 5.74) is 2.00. The van der Waals surface area contributed by atoms with Crippen LogP contribution >= 0.6 is 0 Å². The second-order valence-electron chi connectivity index (χ2n) is 10.6. The predicted octanol–water partition coefficient (Wildman–Crippen LogP) is 4.96. The van der Waals surface area contributed by atoms with Gasteiger partial charge in [0, 0.05) is 37.3 Å². The molecule has 224 valence electrons. The minimum Gasteiger partial charge on any atom is -0.443 e. The van der Waals surface area contributed by atoms with Gasteiger partial charge in [-0.15, -0.1) is 0 Å². The molecule has 1 aromatic heterocycles. The first-order chi connectivity index (χ1) is 20.3. The number of alkyl carbamates (subject to hydrolysis) is 1. The number of carbonyl (C=O) groups is 2. The highest BCUT2D eigenvalue weighted by atomic mass is 19.3. The molecular formula is C30H33F4N5O3. The number of rotatable bonds is 8. The van der Waals surface area contributed by atoms with Crippen LogP contribution in [0.15, 0.2) is 54.9 Å². The van der Waals surface area contributed by atoms with Crippen molar-refractivity contribution in [3.63, 3.8) is 0 Å². The van der Waals surface area contributed by atoms with Gasteiger partial charge in [-0.2, -0.15) is 0 Å². The number of halogens is 4. The lowest BCUT2D eigenvalue weighted by Crippen LogP contribution is -2.54. The minimum atomic E-state index is -2.77. The highest BCUT2D eigenvalue weighted by molar-refractivity contribution is 5.98. The van der Waals surface area contributed by atoms with E-state index in [1.807, 2.05) is 34.9 Å². The van der Waals surface area contributed by atoms with Crippen LogP contribution in [0.3, 0.4) is 0 Å². The van der Waals surface area contributed by atoms with E-state index in [2.05, 4.69) is 20.4 Å². The number of amides is 2. The largest absolute Gasteiger partial charge is 0.443 e. The van der Waals surface area contributed by atoms with Crippen LogP contribution in [-0.4, -0.2) is 71.2 Å². The van der Waals surface area contributed by atoms with Crippen molar-refractivity contribution >= 4 is 12.0 Å². The lowest BCUT2D eigenvalue weighted by molar-refractivity contribution is 0.0458. The van der Waals surface area contributed by atoms with Crippen molar-refractivity contribution in [2.24, 2.45) is 0 Å². The van der Waals surface area contributed by atoms with Crippen LogP contribution < -0.4 is 10.6 Å². The molecule has 8 nitrogen and oxygen atoms in total. The summed E-state index contributed by atoms with van der Waals surface area (Å²) in [7, 11) is 0. The maximum absolute atomic E-state index is 14.1. The first-order valence-electron chi connectivity index (χ1n) is 14.1. The van der Waals surface area contributed by atoms with Gasteiger partial charge in [0.25, 0.3) is 12.3 Å². The van der Waals surface area contributed by atoms with Gasteiger partial charge in [-0.3, -0.25) is 4.79 Å². The monoisotopic (exact) mass is 587 g/mol. The molecule has 1 aliphatic heterocycles. The van der Waals surface area contributed by atoms with Gasteiger partial charge in [0.2, 0.25) is 0 Å². The Morgan fingerprint density at radius 1 is 1.07 bits per heavy atom. The van der Waals surface area contributed by atoms with Crippen LogP contribution in [0.25, 0.3) is 11.3 Å². The second kappa shape index (κ2) is 13.4. The number of nitrogens with one attached hydrogen (secondary N) is 2. The van der Waals surface area contributed by atoms with Gasteiger partial charge >= 0.3 is 6.09 Å². The van der Waals surface area contributed by atoms with E-state index >= 15 is 0 Å². The number of ether oxygens (including phenoxy) is 1. The maximum atomic E-state index is 14.1. The zero-order valence-electron chi connectivity index (χ0n) is 22.9. The molecule has 2 fully saturated rings. The van der Waals surface area contributed by atoms with E-state index in [9.17, 15) is 27.2 Å². The number of nitrogens with zero attached hydrogens (tertiary/aromatic N) is 3. The van der Waals surface area contributed by atoms with E-state index in [0.29, 0.717) is 43.7 Å². The Kier molecular flexibility index (Phi) is 9.41. The quantitative estimate of drug-likeness (QED) is 0.364. The molecule has 1 saturated heterocycles. The molecule has 0 bridgehead atoms. The number of hydrogen-bond donors (Lipinski definition) is 2. The first kappa shape index (κ1) is 29.6. The first-order valence-corrected chi connectivity index (χ1v) is 14.1. The van der Waals surface area contributed by atoms with Gasteiger partial charge < -0.3 is 24.8 Å². The molecule has 5 rings (SSSR count). The predicted molar refractivity (Wildman–Crippen MR) is 147 cm³/mol. The van der Waals surface area contributed by atoms with Crippen molar-refractivity contribution in [3.05, 3.63) is 77.8 Å². The Bertz CT molecular complexity index is 1370. The van der Waals surface area contributed by atoms with Crippen LogP contribution in [0.1, 0.15) is 47.8 Å². The molecule has 2 N–H and O–H groups in total. The highest BCUT2D eigenvalue weighted by Gasteiger charge is 2.35. The maximum Gasteiger partial charge on any atom is 0.407 e. The number of aromatic nitrogens is 2. The van der Waals surface area contributed by atoms with Crippen molar-refractivity contribution < 1.29 is 31.9 Å². The lowest BCUT2D eigenvalue weighted by atomic mass is 9.89. The molecule has 3 aromatic rings. The Morgan fingerprint density at radius 2 is 1.81 bits per heavy atom. The molecule has 0 spiro atoms. The van der Waals surface area contributed by atoms with Crippen molar-refractivity contribution in [2.75, 3.05) is 26.2 Å². The summed E-state index contributed by atoms with van der Waals surface area (Å²) in [4.78, 5) is 32.7. The van der Waals surface area contributed by atoms with Crippen LogP contribution in [0.2, 0.25) is 0 Å². The minimum absolute atomic E-state index is 0.225. The Morgan fingerprint density at radius 3 is 2.55 bits per heavy atom.